The minimum Gasteiger partial charge on any atom is -0.376 e. The first kappa shape index (κ1) is 18.9. The van der Waals surface area contributed by atoms with Crippen LogP contribution in [-0.4, -0.2) is 40.9 Å². The van der Waals surface area contributed by atoms with Gasteiger partial charge < -0.3 is 15.4 Å². The lowest BCUT2D eigenvalue weighted by molar-refractivity contribution is -0.119. The van der Waals surface area contributed by atoms with Crippen molar-refractivity contribution in [2.75, 3.05) is 24.2 Å². The second kappa shape index (κ2) is 9.75. The van der Waals surface area contributed by atoms with E-state index in [4.69, 9.17) is 16.3 Å². The smallest absolute Gasteiger partial charge is 0.230 e. The van der Waals surface area contributed by atoms with Gasteiger partial charge in [0.1, 0.15) is 17.2 Å². The van der Waals surface area contributed by atoms with Crippen molar-refractivity contribution in [3.63, 3.8) is 0 Å². The minimum atomic E-state index is -0.0188. The largest absolute Gasteiger partial charge is 0.376 e. The lowest BCUT2D eigenvalue weighted by Crippen LogP contribution is -2.32. The van der Waals surface area contributed by atoms with Gasteiger partial charge >= 0.3 is 0 Å². The SMILES string of the molecule is O=C(CSc1cc(NCc2ccccc2Cl)ncn1)NCC1CCCO1. The van der Waals surface area contributed by atoms with E-state index in [9.17, 15) is 4.79 Å². The Kier molecular flexibility index (Phi) is 7.11. The molecule has 1 atom stereocenters. The van der Waals surface area contributed by atoms with Crippen molar-refractivity contribution in [3.05, 3.63) is 47.2 Å². The molecule has 0 aliphatic carbocycles. The fourth-order valence-corrected chi connectivity index (χ4v) is 3.47. The normalized spacial score (nSPS) is 16.4. The molecule has 0 radical (unpaired) electrons. The summed E-state index contributed by atoms with van der Waals surface area (Å²) in [5.41, 5.74) is 0.996. The fourth-order valence-electron chi connectivity index (χ4n) is 2.57. The molecular formula is C18H21ClN4O2S. The van der Waals surface area contributed by atoms with Crippen molar-refractivity contribution < 1.29 is 9.53 Å². The van der Waals surface area contributed by atoms with Crippen molar-refractivity contribution in [3.8, 4) is 0 Å². The van der Waals surface area contributed by atoms with Crippen LogP contribution in [0.15, 0.2) is 41.7 Å². The van der Waals surface area contributed by atoms with Gasteiger partial charge in [0.15, 0.2) is 0 Å². The lowest BCUT2D eigenvalue weighted by atomic mass is 10.2. The van der Waals surface area contributed by atoms with Gasteiger partial charge in [-0.1, -0.05) is 41.6 Å². The van der Waals surface area contributed by atoms with Gasteiger partial charge in [-0.05, 0) is 24.5 Å². The third kappa shape index (κ3) is 5.86. The summed E-state index contributed by atoms with van der Waals surface area (Å²) in [4.78, 5) is 20.4. The molecule has 1 aliphatic heterocycles. The van der Waals surface area contributed by atoms with Gasteiger partial charge in [0.25, 0.3) is 0 Å². The highest BCUT2D eigenvalue weighted by Crippen LogP contribution is 2.19. The number of ether oxygens (including phenoxy) is 1. The standard InChI is InChI=1S/C18H21ClN4O2S/c19-15-6-2-1-4-13(15)9-20-16-8-18(23-12-22-16)26-11-17(24)21-10-14-5-3-7-25-14/h1-2,4,6,8,12,14H,3,5,7,9-11H2,(H,21,24)(H,20,22,23). The number of nitrogens with one attached hydrogen (secondary N) is 2. The number of carbonyl (C=O) groups is 1. The average molecular weight is 393 g/mol. The quantitative estimate of drug-likeness (QED) is 0.531. The predicted octanol–water partition coefficient (Wildman–Crippen LogP) is 3.13. The van der Waals surface area contributed by atoms with Crippen LogP contribution in [0.3, 0.4) is 0 Å². The highest BCUT2D eigenvalue weighted by molar-refractivity contribution is 7.99. The molecule has 1 unspecified atom stereocenters. The van der Waals surface area contributed by atoms with E-state index in [-0.39, 0.29) is 12.0 Å². The van der Waals surface area contributed by atoms with Crippen LogP contribution < -0.4 is 10.6 Å². The van der Waals surface area contributed by atoms with Gasteiger partial charge in [-0.2, -0.15) is 0 Å². The zero-order chi connectivity index (χ0) is 18.2. The first-order valence-corrected chi connectivity index (χ1v) is 9.87. The number of benzene rings is 1. The Morgan fingerprint density at radius 3 is 3.04 bits per heavy atom. The van der Waals surface area contributed by atoms with Crippen LogP contribution in [0.1, 0.15) is 18.4 Å². The number of amides is 1. The van der Waals surface area contributed by atoms with Crippen LogP contribution in [0, 0.1) is 0 Å². The maximum Gasteiger partial charge on any atom is 0.230 e. The molecule has 1 fully saturated rings. The van der Waals surface area contributed by atoms with Gasteiger partial charge in [-0.15, -0.1) is 0 Å². The summed E-state index contributed by atoms with van der Waals surface area (Å²) in [5.74, 6) is 0.991. The Morgan fingerprint density at radius 1 is 1.35 bits per heavy atom. The fraction of sp³-hybridized carbons (Fsp3) is 0.389. The third-order valence-corrected chi connectivity index (χ3v) is 5.26. The number of hydrogen-bond acceptors (Lipinski definition) is 6. The van der Waals surface area contributed by atoms with Crippen LogP contribution in [-0.2, 0) is 16.1 Å². The Bertz CT molecular complexity index is 741. The molecule has 0 spiro atoms. The van der Waals surface area contributed by atoms with Gasteiger partial charge in [0, 0.05) is 30.8 Å². The summed E-state index contributed by atoms with van der Waals surface area (Å²) in [7, 11) is 0. The van der Waals surface area contributed by atoms with E-state index in [2.05, 4.69) is 20.6 Å². The Morgan fingerprint density at radius 2 is 2.23 bits per heavy atom. The van der Waals surface area contributed by atoms with E-state index in [1.807, 2.05) is 30.3 Å². The predicted molar refractivity (Wildman–Crippen MR) is 104 cm³/mol. The number of anilines is 1. The van der Waals surface area contributed by atoms with E-state index < -0.39 is 0 Å². The molecule has 2 aromatic rings. The number of carbonyl (C=O) groups excluding carboxylic acids is 1. The number of halogens is 1. The first-order valence-electron chi connectivity index (χ1n) is 8.51. The zero-order valence-corrected chi connectivity index (χ0v) is 15.9. The monoisotopic (exact) mass is 392 g/mol. The minimum absolute atomic E-state index is 0.0188. The maximum atomic E-state index is 11.9. The second-order valence-corrected chi connectivity index (χ2v) is 7.32. The summed E-state index contributed by atoms with van der Waals surface area (Å²) in [6, 6.07) is 9.49. The van der Waals surface area contributed by atoms with Crippen molar-refractivity contribution in [1.29, 1.82) is 0 Å². The van der Waals surface area contributed by atoms with E-state index in [1.54, 1.807) is 0 Å². The highest BCUT2D eigenvalue weighted by atomic mass is 35.5. The Balaban J connectivity index is 1.44. The van der Waals surface area contributed by atoms with Crippen molar-refractivity contribution in [2.24, 2.45) is 0 Å². The molecule has 8 heteroatoms. The van der Waals surface area contributed by atoms with Crippen molar-refractivity contribution in [2.45, 2.75) is 30.5 Å². The summed E-state index contributed by atoms with van der Waals surface area (Å²) in [5, 5.41) is 7.59. The molecular weight excluding hydrogens is 372 g/mol. The number of aromatic nitrogens is 2. The van der Waals surface area contributed by atoms with Crippen molar-refractivity contribution >= 4 is 35.1 Å². The summed E-state index contributed by atoms with van der Waals surface area (Å²) in [6.45, 7) is 1.94. The van der Waals surface area contributed by atoms with Gasteiger partial charge in [-0.25, -0.2) is 9.97 Å². The molecule has 6 nitrogen and oxygen atoms in total. The number of hydrogen-bond donors (Lipinski definition) is 2. The van der Waals surface area contributed by atoms with Gasteiger partial charge in [0.05, 0.1) is 11.9 Å². The lowest BCUT2D eigenvalue weighted by Gasteiger charge is -2.10. The Labute approximate surface area is 162 Å². The van der Waals surface area contributed by atoms with Crippen molar-refractivity contribution in [1.82, 2.24) is 15.3 Å². The van der Waals surface area contributed by atoms with Gasteiger partial charge in [0.2, 0.25) is 5.91 Å². The number of rotatable bonds is 8. The molecule has 138 valence electrons. The summed E-state index contributed by atoms with van der Waals surface area (Å²) in [6.07, 6.45) is 3.73. The molecule has 1 amide bonds. The average Bonchev–Trinajstić information content (AvgIpc) is 3.18. The van der Waals surface area contributed by atoms with Crippen LogP contribution in [0.2, 0.25) is 5.02 Å². The molecule has 1 aromatic heterocycles. The first-order chi connectivity index (χ1) is 12.7. The van der Waals surface area contributed by atoms with E-state index in [0.717, 1.165) is 30.0 Å². The number of thioether (sulfide) groups is 1. The van der Waals surface area contributed by atoms with E-state index in [1.165, 1.54) is 18.1 Å². The topological polar surface area (TPSA) is 76.1 Å². The van der Waals surface area contributed by atoms with Crippen LogP contribution in [0.4, 0.5) is 5.82 Å². The molecule has 3 rings (SSSR count). The number of nitrogens with zero attached hydrogens (tertiary/aromatic N) is 2. The molecule has 1 aliphatic rings. The van der Waals surface area contributed by atoms with E-state index in [0.29, 0.717) is 29.7 Å². The molecule has 2 heterocycles. The second-order valence-electron chi connectivity index (χ2n) is 5.91. The molecule has 26 heavy (non-hydrogen) atoms. The van der Waals surface area contributed by atoms with Crippen LogP contribution in [0.5, 0.6) is 0 Å². The van der Waals surface area contributed by atoms with E-state index >= 15 is 0 Å². The molecule has 1 aromatic carbocycles. The van der Waals surface area contributed by atoms with Crippen LogP contribution >= 0.6 is 23.4 Å². The zero-order valence-electron chi connectivity index (χ0n) is 14.3. The Hall–Kier alpha value is -1.83. The highest BCUT2D eigenvalue weighted by Gasteiger charge is 2.16. The van der Waals surface area contributed by atoms with Crippen LogP contribution in [0.25, 0.3) is 0 Å². The summed E-state index contributed by atoms with van der Waals surface area (Å²) >= 11 is 7.53. The third-order valence-electron chi connectivity index (χ3n) is 3.96. The van der Waals surface area contributed by atoms with Gasteiger partial charge in [-0.3, -0.25) is 4.79 Å². The molecule has 0 saturated carbocycles. The molecule has 0 bridgehead atoms. The maximum absolute atomic E-state index is 11.9. The summed E-state index contributed by atoms with van der Waals surface area (Å²) < 4.78 is 5.49. The molecule has 2 N–H and O–H groups in total. The molecule has 1 saturated heterocycles.